The lowest BCUT2D eigenvalue weighted by molar-refractivity contribution is -0.121. The molecule has 0 saturated heterocycles. The largest absolute Gasteiger partial charge is 0.488 e. The standard InChI is InChI=1S/C18H29BN2O4/c1-3-14(2)11-13-20-17(22)6-4-5-12-21-18(23)15-7-9-16(10-8-15)19(24)25/h7-10,14,24-25H,3-6,11-13H2,1-2H3,(H,20,22)(H,21,23). The van der Waals surface area contributed by atoms with E-state index in [0.29, 0.717) is 29.9 Å². The molecule has 1 rings (SSSR count). The van der Waals surface area contributed by atoms with Crippen molar-refractivity contribution in [2.45, 2.75) is 46.0 Å². The lowest BCUT2D eigenvalue weighted by Crippen LogP contribution is -2.30. The normalized spacial score (nSPS) is 11.7. The van der Waals surface area contributed by atoms with Crippen molar-refractivity contribution in [3.8, 4) is 0 Å². The first-order valence-electron chi connectivity index (χ1n) is 8.95. The Bertz CT molecular complexity index is 534. The van der Waals surface area contributed by atoms with Gasteiger partial charge in [-0.1, -0.05) is 32.4 Å². The first-order chi connectivity index (χ1) is 11.9. The predicted molar refractivity (Wildman–Crippen MR) is 99.5 cm³/mol. The maximum absolute atomic E-state index is 11.9. The summed E-state index contributed by atoms with van der Waals surface area (Å²) in [4.78, 5) is 23.6. The number of carbonyl (C=O) groups is 2. The molecule has 1 aromatic carbocycles. The minimum atomic E-state index is -1.53. The van der Waals surface area contributed by atoms with E-state index in [1.807, 2.05) is 0 Å². The van der Waals surface area contributed by atoms with E-state index in [2.05, 4.69) is 24.5 Å². The van der Waals surface area contributed by atoms with Crippen LogP contribution in [0.25, 0.3) is 0 Å². The van der Waals surface area contributed by atoms with Gasteiger partial charge in [0.1, 0.15) is 0 Å². The lowest BCUT2D eigenvalue weighted by atomic mass is 9.80. The quantitative estimate of drug-likeness (QED) is 0.351. The molecular formula is C18H29BN2O4. The van der Waals surface area contributed by atoms with Crippen LogP contribution in [-0.4, -0.2) is 42.1 Å². The van der Waals surface area contributed by atoms with E-state index in [-0.39, 0.29) is 11.8 Å². The summed E-state index contributed by atoms with van der Waals surface area (Å²) in [5.74, 6) is 0.481. The van der Waals surface area contributed by atoms with Crippen LogP contribution in [-0.2, 0) is 4.79 Å². The number of hydrogen-bond acceptors (Lipinski definition) is 4. The van der Waals surface area contributed by atoms with Crippen molar-refractivity contribution in [3.63, 3.8) is 0 Å². The van der Waals surface area contributed by atoms with E-state index in [9.17, 15) is 9.59 Å². The second kappa shape index (κ2) is 11.7. The molecule has 7 heteroatoms. The van der Waals surface area contributed by atoms with Gasteiger partial charge in [-0.2, -0.15) is 0 Å². The number of rotatable bonds is 11. The molecule has 0 aliphatic rings. The molecule has 1 aromatic rings. The van der Waals surface area contributed by atoms with Crippen molar-refractivity contribution in [2.75, 3.05) is 13.1 Å². The predicted octanol–water partition coefficient (Wildman–Crippen LogP) is 0.819. The first kappa shape index (κ1) is 21.2. The van der Waals surface area contributed by atoms with Gasteiger partial charge < -0.3 is 20.7 Å². The van der Waals surface area contributed by atoms with Gasteiger partial charge in [0, 0.05) is 25.1 Å². The third-order valence-corrected chi connectivity index (χ3v) is 4.24. The Balaban J connectivity index is 2.14. The van der Waals surface area contributed by atoms with Crippen LogP contribution in [0.15, 0.2) is 24.3 Å². The van der Waals surface area contributed by atoms with Crippen molar-refractivity contribution in [1.82, 2.24) is 10.6 Å². The maximum Gasteiger partial charge on any atom is 0.488 e. The minimum absolute atomic E-state index is 0.0628. The first-order valence-corrected chi connectivity index (χ1v) is 8.95. The highest BCUT2D eigenvalue weighted by molar-refractivity contribution is 6.58. The Hall–Kier alpha value is -1.86. The Kier molecular flexibility index (Phi) is 9.88. The molecule has 0 heterocycles. The zero-order valence-corrected chi connectivity index (χ0v) is 15.1. The van der Waals surface area contributed by atoms with E-state index >= 15 is 0 Å². The zero-order valence-electron chi connectivity index (χ0n) is 15.1. The summed E-state index contributed by atoms with van der Waals surface area (Å²) in [7, 11) is -1.53. The summed E-state index contributed by atoms with van der Waals surface area (Å²) < 4.78 is 0. The van der Waals surface area contributed by atoms with Crippen LogP contribution in [0.3, 0.4) is 0 Å². The molecule has 25 heavy (non-hydrogen) atoms. The summed E-state index contributed by atoms with van der Waals surface area (Å²) in [6.45, 7) is 5.55. The third kappa shape index (κ3) is 8.70. The van der Waals surface area contributed by atoms with Gasteiger partial charge >= 0.3 is 7.12 Å². The van der Waals surface area contributed by atoms with Crippen molar-refractivity contribution < 1.29 is 19.6 Å². The molecule has 0 spiro atoms. The summed E-state index contributed by atoms with van der Waals surface area (Å²) in [6.07, 6.45) is 4.06. The van der Waals surface area contributed by atoms with Crippen LogP contribution >= 0.6 is 0 Å². The molecule has 1 unspecified atom stereocenters. The molecule has 2 amide bonds. The fraction of sp³-hybridized carbons (Fsp3) is 0.556. The molecule has 0 bridgehead atoms. The van der Waals surface area contributed by atoms with Gasteiger partial charge in [0.2, 0.25) is 5.91 Å². The minimum Gasteiger partial charge on any atom is -0.423 e. The number of amides is 2. The summed E-state index contributed by atoms with van der Waals surface area (Å²) in [6, 6.07) is 6.11. The average molecular weight is 348 g/mol. The second-order valence-electron chi connectivity index (χ2n) is 6.36. The van der Waals surface area contributed by atoms with E-state index in [0.717, 1.165) is 32.2 Å². The van der Waals surface area contributed by atoms with Gasteiger partial charge in [-0.15, -0.1) is 0 Å². The van der Waals surface area contributed by atoms with Crippen LogP contribution < -0.4 is 16.1 Å². The Morgan fingerprint density at radius 1 is 1.08 bits per heavy atom. The smallest absolute Gasteiger partial charge is 0.423 e. The van der Waals surface area contributed by atoms with Gasteiger partial charge in [0.15, 0.2) is 0 Å². The molecule has 4 N–H and O–H groups in total. The fourth-order valence-corrected chi connectivity index (χ4v) is 2.27. The van der Waals surface area contributed by atoms with Crippen LogP contribution in [0.2, 0.25) is 0 Å². The summed E-state index contributed by atoms with van der Waals surface area (Å²) in [5, 5.41) is 23.7. The van der Waals surface area contributed by atoms with Crippen LogP contribution in [0.5, 0.6) is 0 Å². The summed E-state index contributed by atoms with van der Waals surface area (Å²) in [5.41, 5.74) is 0.808. The molecule has 138 valence electrons. The molecular weight excluding hydrogens is 319 g/mol. The van der Waals surface area contributed by atoms with Crippen molar-refractivity contribution >= 4 is 24.4 Å². The van der Waals surface area contributed by atoms with Crippen LogP contribution in [0.4, 0.5) is 0 Å². The molecule has 0 saturated carbocycles. The zero-order chi connectivity index (χ0) is 18.7. The molecule has 0 aliphatic heterocycles. The average Bonchev–Trinajstić information content (AvgIpc) is 2.61. The Morgan fingerprint density at radius 2 is 1.76 bits per heavy atom. The van der Waals surface area contributed by atoms with E-state index < -0.39 is 7.12 Å². The van der Waals surface area contributed by atoms with E-state index in [1.54, 1.807) is 12.1 Å². The molecule has 0 aliphatic carbocycles. The van der Waals surface area contributed by atoms with Crippen molar-refractivity contribution in [2.24, 2.45) is 5.92 Å². The highest BCUT2D eigenvalue weighted by Gasteiger charge is 2.11. The number of nitrogens with one attached hydrogen (secondary N) is 2. The Morgan fingerprint density at radius 3 is 2.36 bits per heavy atom. The maximum atomic E-state index is 11.9. The van der Waals surface area contributed by atoms with Gasteiger partial charge in [0.25, 0.3) is 5.91 Å². The van der Waals surface area contributed by atoms with E-state index in [4.69, 9.17) is 10.0 Å². The number of hydrogen-bond donors (Lipinski definition) is 4. The summed E-state index contributed by atoms with van der Waals surface area (Å²) >= 11 is 0. The molecule has 6 nitrogen and oxygen atoms in total. The van der Waals surface area contributed by atoms with Gasteiger partial charge in [-0.3, -0.25) is 9.59 Å². The molecule has 0 fully saturated rings. The highest BCUT2D eigenvalue weighted by Crippen LogP contribution is 2.04. The van der Waals surface area contributed by atoms with Crippen molar-refractivity contribution in [3.05, 3.63) is 29.8 Å². The Labute approximate surface area is 150 Å². The van der Waals surface area contributed by atoms with Crippen molar-refractivity contribution in [1.29, 1.82) is 0 Å². The monoisotopic (exact) mass is 348 g/mol. The van der Waals surface area contributed by atoms with Crippen LogP contribution in [0, 0.1) is 5.92 Å². The number of carbonyl (C=O) groups excluding carboxylic acids is 2. The number of benzene rings is 1. The highest BCUT2D eigenvalue weighted by atomic mass is 16.4. The van der Waals surface area contributed by atoms with E-state index in [1.165, 1.54) is 12.1 Å². The third-order valence-electron chi connectivity index (χ3n) is 4.24. The van der Waals surface area contributed by atoms with Gasteiger partial charge in [-0.05, 0) is 42.8 Å². The molecule has 0 aromatic heterocycles. The van der Waals surface area contributed by atoms with Gasteiger partial charge in [-0.25, -0.2) is 0 Å². The lowest BCUT2D eigenvalue weighted by Gasteiger charge is -2.09. The number of unbranched alkanes of at least 4 members (excludes halogenated alkanes) is 1. The molecule has 0 radical (unpaired) electrons. The van der Waals surface area contributed by atoms with Crippen LogP contribution in [0.1, 0.15) is 56.3 Å². The van der Waals surface area contributed by atoms with Gasteiger partial charge in [0.05, 0.1) is 0 Å². The second-order valence-corrected chi connectivity index (χ2v) is 6.36. The fourth-order valence-electron chi connectivity index (χ4n) is 2.27. The molecule has 1 atom stereocenters. The SMILES string of the molecule is CCC(C)CCNC(=O)CCCCNC(=O)c1ccc(B(O)O)cc1. The topological polar surface area (TPSA) is 98.7 Å².